The molecule has 1 rings (SSSR count). The van der Waals surface area contributed by atoms with Crippen LogP contribution in [0.1, 0.15) is 0 Å². The first kappa shape index (κ1) is 9.80. The van der Waals surface area contributed by atoms with Crippen LogP contribution in [0.5, 0.6) is 0 Å². The third-order valence-corrected chi connectivity index (χ3v) is 1.88. The van der Waals surface area contributed by atoms with Crippen molar-refractivity contribution in [3.05, 3.63) is 34.4 Å². The van der Waals surface area contributed by atoms with Crippen molar-refractivity contribution in [3.63, 3.8) is 0 Å². The fourth-order valence-corrected chi connectivity index (χ4v) is 1.17. The van der Waals surface area contributed by atoms with Gasteiger partial charge in [0.25, 0.3) is 5.56 Å². The SMILES string of the molecule is C=CCN(C)c1nc[nH]c(=O)c1Cl. The summed E-state index contributed by atoms with van der Waals surface area (Å²) in [6.07, 6.45) is 3.03. The van der Waals surface area contributed by atoms with Crippen molar-refractivity contribution in [3.8, 4) is 0 Å². The zero-order valence-electron chi connectivity index (χ0n) is 7.25. The van der Waals surface area contributed by atoms with Gasteiger partial charge in [-0.2, -0.15) is 0 Å². The molecule has 0 radical (unpaired) electrons. The van der Waals surface area contributed by atoms with E-state index in [1.165, 1.54) is 6.33 Å². The highest BCUT2D eigenvalue weighted by atomic mass is 35.5. The van der Waals surface area contributed by atoms with Crippen molar-refractivity contribution < 1.29 is 0 Å². The zero-order valence-corrected chi connectivity index (χ0v) is 8.01. The van der Waals surface area contributed by atoms with E-state index >= 15 is 0 Å². The van der Waals surface area contributed by atoms with Gasteiger partial charge < -0.3 is 9.88 Å². The van der Waals surface area contributed by atoms with E-state index in [-0.39, 0.29) is 10.6 Å². The lowest BCUT2D eigenvalue weighted by Crippen LogP contribution is -2.21. The molecule has 0 aliphatic carbocycles. The topological polar surface area (TPSA) is 49.0 Å². The number of halogens is 1. The molecule has 1 aromatic heterocycles. The van der Waals surface area contributed by atoms with Gasteiger partial charge in [-0.05, 0) is 0 Å². The van der Waals surface area contributed by atoms with E-state index in [1.807, 2.05) is 0 Å². The van der Waals surface area contributed by atoms with Crippen LogP contribution in [0, 0.1) is 0 Å². The van der Waals surface area contributed by atoms with Crippen LogP contribution in [0.15, 0.2) is 23.8 Å². The Balaban J connectivity index is 3.07. The molecule has 1 aromatic rings. The Morgan fingerprint density at radius 2 is 2.54 bits per heavy atom. The molecule has 70 valence electrons. The molecule has 0 atom stereocenters. The summed E-state index contributed by atoms with van der Waals surface area (Å²) >= 11 is 5.74. The van der Waals surface area contributed by atoms with Crippen LogP contribution in [0.4, 0.5) is 5.82 Å². The van der Waals surface area contributed by atoms with E-state index in [4.69, 9.17) is 11.6 Å². The van der Waals surface area contributed by atoms with Gasteiger partial charge in [0, 0.05) is 13.6 Å². The normalized spacial score (nSPS) is 9.69. The fourth-order valence-electron chi connectivity index (χ4n) is 0.920. The summed E-state index contributed by atoms with van der Waals surface area (Å²) in [6.45, 7) is 4.17. The molecule has 0 saturated carbocycles. The minimum atomic E-state index is -0.331. The van der Waals surface area contributed by atoms with Gasteiger partial charge in [0.1, 0.15) is 5.02 Å². The van der Waals surface area contributed by atoms with Gasteiger partial charge in [-0.25, -0.2) is 4.98 Å². The largest absolute Gasteiger partial charge is 0.355 e. The van der Waals surface area contributed by atoms with Gasteiger partial charge >= 0.3 is 0 Å². The van der Waals surface area contributed by atoms with Gasteiger partial charge in [-0.1, -0.05) is 17.7 Å². The Morgan fingerprint density at radius 1 is 1.85 bits per heavy atom. The summed E-state index contributed by atoms with van der Waals surface area (Å²) < 4.78 is 0. The predicted molar refractivity (Wildman–Crippen MR) is 53.3 cm³/mol. The second-order valence-corrected chi connectivity index (χ2v) is 2.92. The molecule has 0 unspecified atom stereocenters. The maximum absolute atomic E-state index is 11.1. The monoisotopic (exact) mass is 199 g/mol. The molecule has 0 aromatic carbocycles. The van der Waals surface area contributed by atoms with Gasteiger partial charge in [-0.3, -0.25) is 4.79 Å². The summed E-state index contributed by atoms with van der Waals surface area (Å²) in [5.74, 6) is 0.463. The van der Waals surface area contributed by atoms with Crippen LogP contribution in [0.2, 0.25) is 5.02 Å². The first-order valence-corrected chi connectivity index (χ1v) is 4.10. The standard InChI is InChI=1S/C8H10ClN3O/c1-3-4-12(2)7-6(9)8(13)11-5-10-7/h3,5H,1,4H2,2H3,(H,10,11,13). The van der Waals surface area contributed by atoms with Crippen molar-refractivity contribution in [1.82, 2.24) is 9.97 Å². The highest BCUT2D eigenvalue weighted by Gasteiger charge is 2.08. The van der Waals surface area contributed by atoms with Gasteiger partial charge in [0.05, 0.1) is 6.33 Å². The molecule has 1 N–H and O–H groups in total. The minimum Gasteiger partial charge on any atom is -0.355 e. The Bertz CT molecular complexity index is 361. The summed E-state index contributed by atoms with van der Waals surface area (Å²) in [7, 11) is 1.79. The number of hydrogen-bond donors (Lipinski definition) is 1. The summed E-state index contributed by atoms with van der Waals surface area (Å²) in [6, 6.07) is 0. The molecule has 4 nitrogen and oxygen atoms in total. The van der Waals surface area contributed by atoms with Gasteiger partial charge in [-0.15, -0.1) is 6.58 Å². The lowest BCUT2D eigenvalue weighted by atomic mass is 10.5. The fraction of sp³-hybridized carbons (Fsp3) is 0.250. The van der Waals surface area contributed by atoms with Crippen LogP contribution in [0.3, 0.4) is 0 Å². The maximum atomic E-state index is 11.1. The quantitative estimate of drug-likeness (QED) is 0.741. The number of nitrogens with zero attached hydrogens (tertiary/aromatic N) is 2. The molecule has 0 bridgehead atoms. The Hall–Kier alpha value is -1.29. The first-order valence-electron chi connectivity index (χ1n) is 3.72. The molecule has 0 amide bonds. The molecule has 0 aliphatic heterocycles. The van der Waals surface area contributed by atoms with Crippen LogP contribution in [-0.2, 0) is 0 Å². The predicted octanol–water partition coefficient (Wildman–Crippen LogP) is 1.05. The molecule has 0 fully saturated rings. The number of aromatic nitrogens is 2. The third-order valence-electron chi connectivity index (χ3n) is 1.54. The summed E-state index contributed by atoms with van der Waals surface area (Å²) in [4.78, 5) is 19.1. The van der Waals surface area contributed by atoms with Gasteiger partial charge in [0.2, 0.25) is 0 Å². The smallest absolute Gasteiger partial charge is 0.271 e. The molecule has 0 spiro atoms. The van der Waals surface area contributed by atoms with Gasteiger partial charge in [0.15, 0.2) is 5.82 Å². The van der Waals surface area contributed by atoms with Crippen LogP contribution < -0.4 is 10.5 Å². The second kappa shape index (κ2) is 4.09. The van der Waals surface area contributed by atoms with E-state index < -0.39 is 0 Å². The molecule has 1 heterocycles. The van der Waals surface area contributed by atoms with Crippen molar-refractivity contribution in [1.29, 1.82) is 0 Å². The molecule has 5 heteroatoms. The molecular weight excluding hydrogens is 190 g/mol. The first-order chi connectivity index (χ1) is 6.16. The van der Waals surface area contributed by atoms with Crippen molar-refractivity contribution >= 4 is 17.4 Å². The third kappa shape index (κ3) is 2.09. The summed E-state index contributed by atoms with van der Waals surface area (Å²) in [5, 5.41) is 0.104. The summed E-state index contributed by atoms with van der Waals surface area (Å²) in [5.41, 5.74) is -0.331. The second-order valence-electron chi connectivity index (χ2n) is 2.54. The van der Waals surface area contributed by atoms with E-state index in [2.05, 4.69) is 16.5 Å². The minimum absolute atomic E-state index is 0.104. The molecular formula is C8H10ClN3O. The Labute approximate surface area is 80.9 Å². The lowest BCUT2D eigenvalue weighted by Gasteiger charge is -2.15. The van der Waals surface area contributed by atoms with Crippen LogP contribution in [0.25, 0.3) is 0 Å². The highest BCUT2D eigenvalue weighted by molar-refractivity contribution is 6.32. The van der Waals surface area contributed by atoms with E-state index in [1.54, 1.807) is 18.0 Å². The van der Waals surface area contributed by atoms with Crippen molar-refractivity contribution in [2.45, 2.75) is 0 Å². The number of rotatable bonds is 3. The number of nitrogens with one attached hydrogen (secondary N) is 1. The number of likely N-dealkylation sites (N-methyl/N-ethyl adjacent to an activating group) is 1. The number of anilines is 1. The number of aromatic amines is 1. The van der Waals surface area contributed by atoms with Crippen molar-refractivity contribution in [2.75, 3.05) is 18.5 Å². The molecule has 0 saturated heterocycles. The van der Waals surface area contributed by atoms with E-state index in [0.29, 0.717) is 12.4 Å². The van der Waals surface area contributed by atoms with Crippen LogP contribution in [-0.4, -0.2) is 23.6 Å². The molecule has 0 aliphatic rings. The Morgan fingerprint density at radius 3 is 3.15 bits per heavy atom. The lowest BCUT2D eigenvalue weighted by molar-refractivity contribution is 0.966. The maximum Gasteiger partial charge on any atom is 0.271 e. The number of H-pyrrole nitrogens is 1. The Kier molecular flexibility index (Phi) is 3.08. The van der Waals surface area contributed by atoms with Crippen LogP contribution >= 0.6 is 11.6 Å². The van der Waals surface area contributed by atoms with E-state index in [9.17, 15) is 4.79 Å². The average Bonchev–Trinajstić information content (AvgIpc) is 2.10. The zero-order chi connectivity index (χ0) is 9.84. The van der Waals surface area contributed by atoms with Crippen molar-refractivity contribution in [2.24, 2.45) is 0 Å². The number of hydrogen-bond acceptors (Lipinski definition) is 3. The molecule has 13 heavy (non-hydrogen) atoms. The average molecular weight is 200 g/mol. The highest BCUT2D eigenvalue weighted by Crippen LogP contribution is 2.15. The van der Waals surface area contributed by atoms with E-state index in [0.717, 1.165) is 0 Å².